The first-order chi connectivity index (χ1) is 15.2. The van der Waals surface area contributed by atoms with Crippen molar-refractivity contribution in [2.24, 2.45) is 0 Å². The predicted octanol–water partition coefficient (Wildman–Crippen LogP) is 0.558. The molecule has 1 saturated heterocycles. The van der Waals surface area contributed by atoms with Crippen molar-refractivity contribution in [2.75, 3.05) is 25.6 Å². The Bertz CT molecular complexity index is 1020. The van der Waals surface area contributed by atoms with Gasteiger partial charge in [-0.2, -0.15) is 10.2 Å². The van der Waals surface area contributed by atoms with E-state index in [1.807, 2.05) is 6.07 Å². The predicted molar refractivity (Wildman–Crippen MR) is 112 cm³/mol. The van der Waals surface area contributed by atoms with E-state index in [0.29, 0.717) is 17.5 Å². The standard InChI is InChI=1S/C21H25N5O6/c1-21(2,29)11-31-26-19(28)16-17(23)24-18(13-5-3-4-12(6-13)8-22)25-20(16)32-15-7-14(9-27)30-10-15/h3-6,14-15,27,29H,7,9-11H2,1-2H3,(H,26,28)(H2,23,24,25)/t14-,15+/m1/s1. The van der Waals surface area contributed by atoms with Gasteiger partial charge in [-0.15, -0.1) is 0 Å². The maximum Gasteiger partial charge on any atom is 0.284 e. The van der Waals surface area contributed by atoms with Crippen LogP contribution in [0.5, 0.6) is 5.88 Å². The van der Waals surface area contributed by atoms with E-state index in [1.165, 1.54) is 13.8 Å². The third-order valence-corrected chi connectivity index (χ3v) is 4.50. The molecule has 1 aromatic carbocycles. The topological polar surface area (TPSA) is 173 Å². The number of nitriles is 1. The van der Waals surface area contributed by atoms with E-state index in [9.17, 15) is 15.0 Å². The van der Waals surface area contributed by atoms with E-state index in [1.54, 1.807) is 24.3 Å². The Morgan fingerprint density at radius 2 is 2.22 bits per heavy atom. The molecule has 1 fully saturated rings. The van der Waals surface area contributed by atoms with Crippen molar-refractivity contribution in [3.8, 4) is 23.3 Å². The lowest BCUT2D eigenvalue weighted by Gasteiger charge is -2.19. The number of aromatic nitrogens is 2. The highest BCUT2D eigenvalue weighted by atomic mass is 16.7. The first kappa shape index (κ1) is 23.4. The monoisotopic (exact) mass is 443 g/mol. The molecule has 3 rings (SSSR count). The molecule has 11 nitrogen and oxygen atoms in total. The highest BCUT2D eigenvalue weighted by Crippen LogP contribution is 2.29. The van der Waals surface area contributed by atoms with Crippen LogP contribution in [0.3, 0.4) is 0 Å². The van der Waals surface area contributed by atoms with E-state index in [2.05, 4.69) is 15.4 Å². The number of ether oxygens (including phenoxy) is 2. The summed E-state index contributed by atoms with van der Waals surface area (Å²) in [5, 5.41) is 28.2. The Morgan fingerprint density at radius 1 is 1.44 bits per heavy atom. The second-order valence-corrected chi connectivity index (χ2v) is 7.95. The van der Waals surface area contributed by atoms with Gasteiger partial charge in [-0.05, 0) is 26.0 Å². The summed E-state index contributed by atoms with van der Waals surface area (Å²) < 4.78 is 11.3. The molecule has 1 aromatic heterocycles. The van der Waals surface area contributed by atoms with E-state index in [0.717, 1.165) is 0 Å². The number of aliphatic hydroxyl groups excluding tert-OH is 1. The molecule has 2 aromatic rings. The molecule has 0 saturated carbocycles. The van der Waals surface area contributed by atoms with Crippen molar-refractivity contribution < 1.29 is 29.3 Å². The fourth-order valence-electron chi connectivity index (χ4n) is 2.98. The van der Waals surface area contributed by atoms with Crippen LogP contribution < -0.4 is 16.0 Å². The van der Waals surface area contributed by atoms with E-state index in [4.69, 9.17) is 25.3 Å². The summed E-state index contributed by atoms with van der Waals surface area (Å²) in [6.07, 6.45) is -0.447. The molecule has 1 aliphatic rings. The number of nitrogens with one attached hydrogen (secondary N) is 1. The molecular weight excluding hydrogens is 418 g/mol. The SMILES string of the molecule is CC(C)(O)CONC(=O)c1c(N)nc(-c2cccc(C#N)c2)nc1O[C@@H]1CO[C@@H](CO)C1. The van der Waals surface area contributed by atoms with Crippen LogP contribution in [0.1, 0.15) is 36.2 Å². The second-order valence-electron chi connectivity index (χ2n) is 7.95. The average molecular weight is 443 g/mol. The zero-order chi connectivity index (χ0) is 23.3. The fraction of sp³-hybridized carbons (Fsp3) is 0.429. The Balaban J connectivity index is 1.93. The van der Waals surface area contributed by atoms with Gasteiger partial charge in [-0.1, -0.05) is 12.1 Å². The van der Waals surface area contributed by atoms with Crippen LogP contribution in [0.15, 0.2) is 24.3 Å². The minimum atomic E-state index is -1.16. The lowest BCUT2D eigenvalue weighted by atomic mass is 10.1. The molecule has 5 N–H and O–H groups in total. The number of benzene rings is 1. The fourth-order valence-corrected chi connectivity index (χ4v) is 2.98. The summed E-state index contributed by atoms with van der Waals surface area (Å²) in [5.74, 6) is -0.835. The minimum Gasteiger partial charge on any atom is -0.471 e. The molecule has 2 heterocycles. The van der Waals surface area contributed by atoms with Gasteiger partial charge in [0.1, 0.15) is 24.1 Å². The molecule has 0 spiro atoms. The van der Waals surface area contributed by atoms with Crippen LogP contribution in [-0.4, -0.2) is 63.7 Å². The van der Waals surface area contributed by atoms with Gasteiger partial charge < -0.3 is 25.4 Å². The Labute approximate surface area is 184 Å². The molecule has 170 valence electrons. The highest BCUT2D eigenvalue weighted by molar-refractivity contribution is 6.00. The maximum absolute atomic E-state index is 12.7. The van der Waals surface area contributed by atoms with Crippen molar-refractivity contribution in [1.82, 2.24) is 15.4 Å². The number of amides is 1. The maximum atomic E-state index is 12.7. The van der Waals surface area contributed by atoms with Crippen molar-refractivity contribution in [1.29, 1.82) is 5.26 Å². The highest BCUT2D eigenvalue weighted by Gasteiger charge is 2.30. The first-order valence-electron chi connectivity index (χ1n) is 9.92. The molecule has 1 aliphatic heterocycles. The zero-order valence-electron chi connectivity index (χ0n) is 17.7. The number of nitrogens with two attached hydrogens (primary N) is 1. The summed E-state index contributed by atoms with van der Waals surface area (Å²) in [6.45, 7) is 2.92. The third kappa shape index (κ3) is 5.89. The van der Waals surface area contributed by atoms with Crippen LogP contribution in [0.2, 0.25) is 0 Å². The number of nitrogens with zero attached hydrogens (tertiary/aromatic N) is 3. The zero-order valence-corrected chi connectivity index (χ0v) is 17.7. The Kier molecular flexibility index (Phi) is 7.22. The van der Waals surface area contributed by atoms with Crippen LogP contribution in [-0.2, 0) is 9.57 Å². The quantitative estimate of drug-likeness (QED) is 0.422. The van der Waals surface area contributed by atoms with Gasteiger partial charge in [0, 0.05) is 12.0 Å². The third-order valence-electron chi connectivity index (χ3n) is 4.50. The largest absolute Gasteiger partial charge is 0.471 e. The first-order valence-corrected chi connectivity index (χ1v) is 9.92. The van der Waals surface area contributed by atoms with Gasteiger partial charge >= 0.3 is 0 Å². The average Bonchev–Trinajstić information content (AvgIpc) is 3.20. The molecule has 1 amide bonds. The van der Waals surface area contributed by atoms with Crippen molar-refractivity contribution in [3.63, 3.8) is 0 Å². The number of rotatable bonds is 8. The van der Waals surface area contributed by atoms with Gasteiger partial charge in [-0.25, -0.2) is 10.5 Å². The van der Waals surface area contributed by atoms with Crippen LogP contribution >= 0.6 is 0 Å². The van der Waals surface area contributed by atoms with Crippen molar-refractivity contribution in [2.45, 2.75) is 38.1 Å². The van der Waals surface area contributed by atoms with Crippen LogP contribution in [0.4, 0.5) is 5.82 Å². The molecule has 0 unspecified atom stereocenters. The summed E-state index contributed by atoms with van der Waals surface area (Å²) in [5.41, 5.74) is 7.90. The molecule has 0 aliphatic carbocycles. The summed E-state index contributed by atoms with van der Waals surface area (Å²) >= 11 is 0. The molecule has 32 heavy (non-hydrogen) atoms. The van der Waals surface area contributed by atoms with Gasteiger partial charge in [0.15, 0.2) is 5.82 Å². The molecule has 11 heteroatoms. The molecule has 2 atom stereocenters. The molecule has 0 bridgehead atoms. The lowest BCUT2D eigenvalue weighted by Crippen LogP contribution is -2.34. The Hall–Kier alpha value is -3.30. The smallest absolute Gasteiger partial charge is 0.284 e. The van der Waals surface area contributed by atoms with Gasteiger partial charge in [0.2, 0.25) is 5.88 Å². The molecule has 0 radical (unpaired) electrons. The lowest BCUT2D eigenvalue weighted by molar-refractivity contribution is -0.0523. The summed E-state index contributed by atoms with van der Waals surface area (Å²) in [6, 6.07) is 8.64. The van der Waals surface area contributed by atoms with E-state index >= 15 is 0 Å². The van der Waals surface area contributed by atoms with Crippen LogP contribution in [0, 0.1) is 11.3 Å². The molecular formula is C21H25N5O6. The number of carbonyl (C=O) groups is 1. The minimum absolute atomic E-state index is 0.0913. The number of aliphatic hydroxyl groups is 2. The second kappa shape index (κ2) is 9.88. The van der Waals surface area contributed by atoms with Gasteiger partial charge in [0.05, 0.1) is 36.6 Å². The van der Waals surface area contributed by atoms with Crippen molar-refractivity contribution >= 4 is 11.7 Å². The number of carbonyl (C=O) groups excluding carboxylic acids is 1. The van der Waals surface area contributed by atoms with Crippen molar-refractivity contribution in [3.05, 3.63) is 35.4 Å². The van der Waals surface area contributed by atoms with Crippen LogP contribution in [0.25, 0.3) is 11.4 Å². The number of hydrogen-bond acceptors (Lipinski definition) is 10. The van der Waals surface area contributed by atoms with E-state index in [-0.39, 0.29) is 49.0 Å². The normalized spacial score (nSPS) is 18.2. The summed E-state index contributed by atoms with van der Waals surface area (Å²) in [4.78, 5) is 26.4. The van der Waals surface area contributed by atoms with E-state index < -0.39 is 17.6 Å². The number of nitrogen functional groups attached to an aromatic ring is 1. The Morgan fingerprint density at radius 3 is 2.88 bits per heavy atom. The number of hydrogen-bond donors (Lipinski definition) is 4. The van der Waals surface area contributed by atoms with Gasteiger partial charge in [0.25, 0.3) is 5.91 Å². The number of anilines is 1. The van der Waals surface area contributed by atoms with Gasteiger partial charge in [-0.3, -0.25) is 9.63 Å². The number of hydroxylamine groups is 1. The summed E-state index contributed by atoms with van der Waals surface area (Å²) in [7, 11) is 0.